The molecule has 2 aromatic rings. The molecule has 80 valence electrons. The van der Waals surface area contributed by atoms with Crippen LogP contribution < -0.4 is 11.1 Å². The van der Waals surface area contributed by atoms with Crippen LogP contribution in [-0.4, -0.2) is 27.1 Å². The van der Waals surface area contributed by atoms with Gasteiger partial charge in [0.15, 0.2) is 5.65 Å². The topological polar surface area (TPSA) is 68.8 Å². The van der Waals surface area contributed by atoms with Crippen LogP contribution in [0.25, 0.3) is 11.2 Å². The summed E-state index contributed by atoms with van der Waals surface area (Å²) < 4.78 is 1.93. The van der Waals surface area contributed by atoms with E-state index in [1.54, 1.807) is 6.20 Å². The number of aromatic nitrogens is 3. The van der Waals surface area contributed by atoms with E-state index in [1.807, 2.05) is 30.7 Å². The smallest absolute Gasteiger partial charge is 0.205 e. The van der Waals surface area contributed by atoms with Crippen LogP contribution in [0.1, 0.15) is 6.92 Å². The van der Waals surface area contributed by atoms with Crippen molar-refractivity contribution in [2.75, 3.05) is 11.9 Å². The molecule has 3 N–H and O–H groups in total. The van der Waals surface area contributed by atoms with Gasteiger partial charge in [-0.3, -0.25) is 4.57 Å². The van der Waals surface area contributed by atoms with Crippen molar-refractivity contribution in [1.29, 1.82) is 0 Å². The Morgan fingerprint density at radius 1 is 1.60 bits per heavy atom. The van der Waals surface area contributed by atoms with Crippen molar-refractivity contribution in [3.63, 3.8) is 0 Å². The summed E-state index contributed by atoms with van der Waals surface area (Å²) in [5.74, 6) is 0.807. The predicted octanol–water partition coefficient (Wildman–Crippen LogP) is 0.727. The molecule has 2 heterocycles. The van der Waals surface area contributed by atoms with E-state index in [4.69, 9.17) is 5.73 Å². The highest BCUT2D eigenvalue weighted by Crippen LogP contribution is 2.15. The maximum Gasteiger partial charge on any atom is 0.205 e. The first-order valence-corrected chi connectivity index (χ1v) is 4.96. The minimum atomic E-state index is 0.209. The fourth-order valence-electron chi connectivity index (χ4n) is 1.43. The fraction of sp³-hybridized carbons (Fsp3) is 0.400. The lowest BCUT2D eigenvalue weighted by molar-refractivity contribution is 0.776. The Kier molecular flexibility index (Phi) is 2.55. The van der Waals surface area contributed by atoms with Crippen molar-refractivity contribution in [2.45, 2.75) is 13.0 Å². The average Bonchev–Trinajstić information content (AvgIpc) is 2.57. The van der Waals surface area contributed by atoms with E-state index in [0.29, 0.717) is 6.54 Å². The molecule has 2 aromatic heterocycles. The third-order valence-electron chi connectivity index (χ3n) is 2.36. The largest absolute Gasteiger partial charge is 0.352 e. The molecule has 0 aromatic carbocycles. The lowest BCUT2D eigenvalue weighted by atomic mass is 10.3. The van der Waals surface area contributed by atoms with E-state index < -0.39 is 0 Å². The third kappa shape index (κ3) is 1.78. The van der Waals surface area contributed by atoms with Crippen LogP contribution in [0.5, 0.6) is 0 Å². The van der Waals surface area contributed by atoms with Gasteiger partial charge in [-0.2, -0.15) is 0 Å². The molecule has 0 aliphatic heterocycles. The first-order valence-electron chi connectivity index (χ1n) is 4.96. The minimum Gasteiger partial charge on any atom is -0.352 e. The van der Waals surface area contributed by atoms with E-state index in [0.717, 1.165) is 17.1 Å². The van der Waals surface area contributed by atoms with Crippen molar-refractivity contribution >= 4 is 17.1 Å². The second kappa shape index (κ2) is 3.86. The van der Waals surface area contributed by atoms with E-state index in [-0.39, 0.29) is 6.04 Å². The summed E-state index contributed by atoms with van der Waals surface area (Å²) in [6, 6.07) is 4.03. The molecule has 0 spiro atoms. The molecule has 1 atom stereocenters. The second-order valence-corrected chi connectivity index (χ2v) is 3.62. The van der Waals surface area contributed by atoms with E-state index in [1.165, 1.54) is 0 Å². The van der Waals surface area contributed by atoms with Gasteiger partial charge in [0.05, 0.1) is 0 Å². The van der Waals surface area contributed by atoms with Crippen molar-refractivity contribution in [1.82, 2.24) is 14.5 Å². The van der Waals surface area contributed by atoms with Gasteiger partial charge in [0.25, 0.3) is 0 Å². The zero-order chi connectivity index (χ0) is 10.8. The van der Waals surface area contributed by atoms with Crippen LogP contribution in [0.3, 0.4) is 0 Å². The molecule has 0 radical (unpaired) electrons. The molecular formula is C10H15N5. The number of nitrogens with one attached hydrogen (secondary N) is 1. The van der Waals surface area contributed by atoms with Crippen molar-refractivity contribution in [3.8, 4) is 0 Å². The van der Waals surface area contributed by atoms with Crippen molar-refractivity contribution in [3.05, 3.63) is 18.3 Å². The summed E-state index contributed by atoms with van der Waals surface area (Å²) in [7, 11) is 1.94. The average molecular weight is 205 g/mol. The number of pyridine rings is 1. The number of hydrogen-bond donors (Lipinski definition) is 2. The van der Waals surface area contributed by atoms with Gasteiger partial charge in [0.2, 0.25) is 5.95 Å². The first kappa shape index (κ1) is 9.92. The molecule has 5 nitrogen and oxygen atoms in total. The normalized spacial score (nSPS) is 13.0. The van der Waals surface area contributed by atoms with Gasteiger partial charge in [-0.25, -0.2) is 9.97 Å². The minimum absolute atomic E-state index is 0.209. The zero-order valence-corrected chi connectivity index (χ0v) is 8.94. The maximum absolute atomic E-state index is 5.55. The molecule has 5 heteroatoms. The van der Waals surface area contributed by atoms with Gasteiger partial charge in [-0.05, 0) is 19.1 Å². The van der Waals surface area contributed by atoms with Gasteiger partial charge in [-0.15, -0.1) is 0 Å². The SMILES string of the molecule is CC(CN)Nc1nc2cccnc2n1C. The number of rotatable bonds is 3. The van der Waals surface area contributed by atoms with Gasteiger partial charge in [-0.1, -0.05) is 0 Å². The first-order chi connectivity index (χ1) is 7.22. The summed E-state index contributed by atoms with van der Waals surface area (Å²) in [6.07, 6.45) is 1.76. The molecule has 0 saturated heterocycles. The molecule has 0 saturated carbocycles. The van der Waals surface area contributed by atoms with Crippen LogP contribution in [0.2, 0.25) is 0 Å². The van der Waals surface area contributed by atoms with Crippen LogP contribution in [0.4, 0.5) is 5.95 Å². The van der Waals surface area contributed by atoms with E-state index in [9.17, 15) is 0 Å². The Labute approximate surface area is 88.3 Å². The quantitative estimate of drug-likeness (QED) is 0.775. The molecule has 0 amide bonds. The lowest BCUT2D eigenvalue weighted by Crippen LogP contribution is -2.26. The molecule has 0 aliphatic carbocycles. The molecule has 15 heavy (non-hydrogen) atoms. The maximum atomic E-state index is 5.55. The van der Waals surface area contributed by atoms with Crippen LogP contribution >= 0.6 is 0 Å². The predicted molar refractivity (Wildman–Crippen MR) is 60.6 cm³/mol. The Morgan fingerprint density at radius 3 is 3.07 bits per heavy atom. The summed E-state index contributed by atoms with van der Waals surface area (Å²) in [5, 5.41) is 3.24. The summed E-state index contributed by atoms with van der Waals surface area (Å²) in [5.41, 5.74) is 7.32. The Morgan fingerprint density at radius 2 is 2.40 bits per heavy atom. The number of fused-ring (bicyclic) bond motifs is 1. The molecule has 0 bridgehead atoms. The van der Waals surface area contributed by atoms with Crippen molar-refractivity contribution in [2.24, 2.45) is 12.8 Å². The highest BCUT2D eigenvalue weighted by atomic mass is 15.2. The van der Waals surface area contributed by atoms with Crippen LogP contribution in [0.15, 0.2) is 18.3 Å². The standard InChI is InChI=1S/C10H15N5/c1-7(6-11)13-10-14-8-4-3-5-12-9(8)15(10)2/h3-5,7H,6,11H2,1-2H3,(H,13,14). The number of nitrogens with two attached hydrogens (primary N) is 1. The summed E-state index contributed by atoms with van der Waals surface area (Å²) in [4.78, 5) is 8.70. The third-order valence-corrected chi connectivity index (χ3v) is 2.36. The molecular weight excluding hydrogens is 190 g/mol. The number of hydrogen-bond acceptors (Lipinski definition) is 4. The second-order valence-electron chi connectivity index (χ2n) is 3.62. The molecule has 1 unspecified atom stereocenters. The number of aryl methyl sites for hydroxylation is 1. The fourth-order valence-corrected chi connectivity index (χ4v) is 1.43. The highest BCUT2D eigenvalue weighted by molar-refractivity contribution is 5.74. The number of anilines is 1. The monoisotopic (exact) mass is 205 g/mol. The van der Waals surface area contributed by atoms with Gasteiger partial charge in [0.1, 0.15) is 5.52 Å². The van der Waals surface area contributed by atoms with Crippen LogP contribution in [-0.2, 0) is 7.05 Å². The Bertz CT molecular complexity index is 462. The van der Waals surface area contributed by atoms with E-state index in [2.05, 4.69) is 15.3 Å². The van der Waals surface area contributed by atoms with Gasteiger partial charge >= 0.3 is 0 Å². The van der Waals surface area contributed by atoms with Crippen LogP contribution in [0, 0.1) is 0 Å². The van der Waals surface area contributed by atoms with Gasteiger partial charge in [0, 0.05) is 25.8 Å². The number of nitrogens with zero attached hydrogens (tertiary/aromatic N) is 3. The zero-order valence-electron chi connectivity index (χ0n) is 8.94. The van der Waals surface area contributed by atoms with Crippen molar-refractivity contribution < 1.29 is 0 Å². The van der Waals surface area contributed by atoms with Gasteiger partial charge < -0.3 is 11.1 Å². The highest BCUT2D eigenvalue weighted by Gasteiger charge is 2.09. The Hall–Kier alpha value is -1.62. The summed E-state index contributed by atoms with van der Waals surface area (Å²) in [6.45, 7) is 2.60. The Balaban J connectivity index is 2.40. The van der Waals surface area contributed by atoms with E-state index >= 15 is 0 Å². The lowest BCUT2D eigenvalue weighted by Gasteiger charge is -2.11. The molecule has 0 aliphatic rings. The molecule has 2 rings (SSSR count). The molecule has 0 fully saturated rings. The summed E-state index contributed by atoms with van der Waals surface area (Å²) >= 11 is 0. The number of imidazole rings is 1.